The zero-order chi connectivity index (χ0) is 35.8. The highest BCUT2D eigenvalue weighted by molar-refractivity contribution is 8.00. The Morgan fingerprint density at radius 1 is 1.19 bits per heavy atom. The third-order valence-corrected chi connectivity index (χ3v) is 8.54. The van der Waals surface area contributed by atoms with Crippen molar-refractivity contribution in [3.8, 4) is 5.75 Å². The third kappa shape index (κ3) is 10.7. The minimum atomic E-state index is -4.93. The number of rotatable bonds is 16. The predicted molar refractivity (Wildman–Crippen MR) is 163 cm³/mol. The van der Waals surface area contributed by atoms with Gasteiger partial charge in [0.1, 0.15) is 54.5 Å². The number of ether oxygens (including phenoxy) is 1. The molecule has 15 nitrogen and oxygen atoms in total. The number of carbonyl (C=O) groups excluding carboxylic acids is 2. The average molecular weight is 721 g/mol. The molecule has 3 unspecified atom stereocenters. The van der Waals surface area contributed by atoms with Gasteiger partial charge in [-0.05, 0) is 43.2 Å². The minimum absolute atomic E-state index is 0.0751. The molecular formula is C28H32ClF3N6O9S. The SMILES string of the molecule is CC(O)(Cn1cncn1)c1ccc(OC2=CC=C(Cl)C(O)C2SC[C@H](NC(=O)CC[C@H](N)C(=O)O)C(=O)NCC(=O)O)cc1C(F)(F)F. The molecule has 5 atom stereocenters. The highest BCUT2D eigenvalue weighted by Crippen LogP contribution is 2.41. The van der Waals surface area contributed by atoms with Crippen LogP contribution in [0.15, 0.2) is 53.8 Å². The number of amides is 2. The Balaban J connectivity index is 1.84. The van der Waals surface area contributed by atoms with Gasteiger partial charge in [0.15, 0.2) is 0 Å². The largest absolute Gasteiger partial charge is 0.480 e. The van der Waals surface area contributed by atoms with Crippen molar-refractivity contribution in [3.05, 3.63) is 64.9 Å². The zero-order valence-electron chi connectivity index (χ0n) is 25.1. The van der Waals surface area contributed by atoms with E-state index in [1.54, 1.807) is 0 Å². The molecule has 1 aromatic carbocycles. The second-order valence-corrected chi connectivity index (χ2v) is 12.3. The number of aliphatic hydroxyl groups excluding tert-OH is 1. The Hall–Kier alpha value is -4.17. The molecule has 262 valence electrons. The van der Waals surface area contributed by atoms with E-state index in [9.17, 15) is 42.6 Å². The predicted octanol–water partition coefficient (Wildman–Crippen LogP) is 0.944. The van der Waals surface area contributed by atoms with Gasteiger partial charge in [0, 0.05) is 17.2 Å². The average Bonchev–Trinajstić information content (AvgIpc) is 3.51. The first-order valence-corrected chi connectivity index (χ1v) is 15.4. The molecular weight excluding hydrogens is 689 g/mol. The molecule has 0 saturated carbocycles. The highest BCUT2D eigenvalue weighted by atomic mass is 35.5. The normalized spacial score (nSPS) is 18.8. The number of hydrogen-bond acceptors (Lipinski definition) is 11. The number of carbonyl (C=O) groups is 4. The minimum Gasteiger partial charge on any atom is -0.480 e. The number of nitrogens with two attached hydrogens (primary N) is 1. The molecule has 2 aromatic rings. The number of nitrogens with one attached hydrogen (secondary N) is 2. The van der Waals surface area contributed by atoms with Crippen molar-refractivity contribution in [3.63, 3.8) is 0 Å². The van der Waals surface area contributed by atoms with Crippen LogP contribution in [0.5, 0.6) is 5.75 Å². The van der Waals surface area contributed by atoms with Crippen molar-refractivity contribution in [2.24, 2.45) is 5.73 Å². The Morgan fingerprint density at radius 2 is 1.90 bits per heavy atom. The number of nitrogens with zero attached hydrogens (tertiary/aromatic N) is 3. The van der Waals surface area contributed by atoms with Gasteiger partial charge in [-0.2, -0.15) is 18.3 Å². The maximum atomic E-state index is 14.2. The van der Waals surface area contributed by atoms with Crippen molar-refractivity contribution >= 4 is 47.1 Å². The number of halogens is 4. The quantitative estimate of drug-likeness (QED) is 0.128. The van der Waals surface area contributed by atoms with Crippen molar-refractivity contribution in [1.82, 2.24) is 25.4 Å². The van der Waals surface area contributed by atoms with E-state index in [-0.39, 0.29) is 41.7 Å². The summed E-state index contributed by atoms with van der Waals surface area (Å²) >= 11 is 6.93. The van der Waals surface area contributed by atoms with E-state index in [2.05, 4.69) is 20.7 Å². The van der Waals surface area contributed by atoms with Crippen LogP contribution in [0, 0.1) is 0 Å². The standard InChI is InChI=1S/C28H32ClF3N6O9S/c1-27(46,11-38-13-34-12-36-38)15-3-2-14(8-16(15)28(30,31)32)47-20-6-4-17(29)23(42)24(20)48-10-19(25(43)35-9-22(40)41)37-21(39)7-5-18(33)26(44)45/h2-4,6,8,12-13,18-19,23-24,42,46H,5,7,9-11,33H2,1H3,(H,35,43)(H,37,39)(H,40,41)(H,44,45)/t18-,19-,23?,24?,27?/m0/s1. The summed E-state index contributed by atoms with van der Waals surface area (Å²) in [6.07, 6.45) is -2.12. The van der Waals surface area contributed by atoms with Crippen LogP contribution in [0.4, 0.5) is 13.2 Å². The van der Waals surface area contributed by atoms with Gasteiger partial charge in [0.05, 0.1) is 17.4 Å². The van der Waals surface area contributed by atoms with Gasteiger partial charge in [0.25, 0.3) is 0 Å². The molecule has 3 rings (SSSR count). The van der Waals surface area contributed by atoms with E-state index in [0.29, 0.717) is 6.07 Å². The number of alkyl halides is 3. The zero-order valence-corrected chi connectivity index (χ0v) is 26.6. The number of carboxylic acids is 2. The van der Waals surface area contributed by atoms with Crippen LogP contribution in [-0.4, -0.2) is 94.7 Å². The van der Waals surface area contributed by atoms with Gasteiger partial charge >= 0.3 is 18.1 Å². The van der Waals surface area contributed by atoms with Crippen LogP contribution in [-0.2, 0) is 37.5 Å². The Kier molecular flexibility index (Phi) is 13.0. The number of thioether (sulfide) groups is 1. The lowest BCUT2D eigenvalue weighted by Crippen LogP contribution is -2.50. The molecule has 0 radical (unpaired) electrons. The number of hydrogen-bond donors (Lipinski definition) is 7. The molecule has 0 aliphatic heterocycles. The monoisotopic (exact) mass is 720 g/mol. The van der Waals surface area contributed by atoms with Crippen LogP contribution in [0.3, 0.4) is 0 Å². The summed E-state index contributed by atoms with van der Waals surface area (Å²) in [7, 11) is 0. The second kappa shape index (κ2) is 16.3. The number of aliphatic hydroxyl groups is 2. The lowest BCUT2D eigenvalue weighted by molar-refractivity contribution is -0.141. The van der Waals surface area contributed by atoms with Crippen LogP contribution < -0.4 is 21.1 Å². The number of aliphatic carboxylic acids is 2. The number of allylic oxidation sites excluding steroid dienone is 2. The molecule has 0 spiro atoms. The summed E-state index contributed by atoms with van der Waals surface area (Å²) in [5.41, 5.74) is 1.70. The van der Waals surface area contributed by atoms with E-state index >= 15 is 0 Å². The first-order chi connectivity index (χ1) is 22.4. The smallest absolute Gasteiger partial charge is 0.416 e. The van der Waals surface area contributed by atoms with Crippen LogP contribution >= 0.6 is 23.4 Å². The van der Waals surface area contributed by atoms with E-state index < -0.39 is 76.6 Å². The Bertz CT molecular complexity index is 1560. The summed E-state index contributed by atoms with van der Waals surface area (Å²) < 4.78 is 49.6. The van der Waals surface area contributed by atoms with Crippen LogP contribution in [0.25, 0.3) is 0 Å². The summed E-state index contributed by atoms with van der Waals surface area (Å²) in [6.45, 7) is 0.0409. The fraction of sp³-hybridized carbons (Fsp3) is 0.429. The molecule has 0 fully saturated rings. The van der Waals surface area contributed by atoms with E-state index in [4.69, 9.17) is 32.3 Å². The maximum Gasteiger partial charge on any atom is 0.416 e. The fourth-order valence-electron chi connectivity index (χ4n) is 4.41. The van der Waals surface area contributed by atoms with Crippen LogP contribution in [0.1, 0.15) is 30.9 Å². The topological polar surface area (TPSA) is 239 Å². The van der Waals surface area contributed by atoms with Gasteiger partial charge in [-0.1, -0.05) is 17.7 Å². The third-order valence-electron chi connectivity index (χ3n) is 6.81. The van der Waals surface area contributed by atoms with Gasteiger partial charge in [-0.25, -0.2) is 9.67 Å². The molecule has 0 saturated heterocycles. The molecule has 0 bridgehead atoms. The molecule has 48 heavy (non-hydrogen) atoms. The molecule has 8 N–H and O–H groups in total. The molecule has 1 aromatic heterocycles. The number of aromatic nitrogens is 3. The summed E-state index contributed by atoms with van der Waals surface area (Å²) in [4.78, 5) is 50.9. The van der Waals surface area contributed by atoms with Gasteiger partial charge in [-0.3, -0.25) is 19.2 Å². The highest BCUT2D eigenvalue weighted by Gasteiger charge is 2.40. The summed E-state index contributed by atoms with van der Waals surface area (Å²) in [5, 5.41) is 46.8. The van der Waals surface area contributed by atoms with Crippen molar-refractivity contribution in [2.45, 2.75) is 61.5 Å². The van der Waals surface area contributed by atoms with E-state index in [1.165, 1.54) is 36.2 Å². The van der Waals surface area contributed by atoms with Crippen LogP contribution in [0.2, 0.25) is 0 Å². The molecule has 1 heterocycles. The summed E-state index contributed by atoms with van der Waals surface area (Å²) in [5.74, 6) is -5.17. The first-order valence-electron chi connectivity index (χ1n) is 14.0. The van der Waals surface area contributed by atoms with E-state index in [1.807, 2.05) is 0 Å². The van der Waals surface area contributed by atoms with Crippen molar-refractivity contribution in [1.29, 1.82) is 0 Å². The maximum absolute atomic E-state index is 14.2. The molecule has 20 heteroatoms. The lowest BCUT2D eigenvalue weighted by atomic mass is 9.90. The second-order valence-electron chi connectivity index (χ2n) is 10.7. The molecule has 2 amide bonds. The van der Waals surface area contributed by atoms with E-state index in [0.717, 1.165) is 24.2 Å². The van der Waals surface area contributed by atoms with Crippen molar-refractivity contribution < 1.29 is 57.5 Å². The van der Waals surface area contributed by atoms with Gasteiger partial charge in [-0.15, -0.1) is 11.8 Å². The molecule has 1 aliphatic carbocycles. The number of carboxylic acid groups (broad SMARTS) is 2. The van der Waals surface area contributed by atoms with Gasteiger partial charge in [0.2, 0.25) is 11.8 Å². The summed E-state index contributed by atoms with van der Waals surface area (Å²) in [6, 6.07) is 0.120. The lowest BCUT2D eigenvalue weighted by Gasteiger charge is -2.30. The molecule has 1 aliphatic rings. The Labute approximate surface area is 280 Å². The van der Waals surface area contributed by atoms with Gasteiger partial charge < -0.3 is 41.5 Å². The fourth-order valence-corrected chi connectivity index (χ4v) is 5.93. The first kappa shape index (κ1) is 38.3. The number of benzene rings is 1. The Morgan fingerprint density at radius 3 is 2.50 bits per heavy atom. The van der Waals surface area contributed by atoms with Crippen molar-refractivity contribution in [2.75, 3.05) is 12.3 Å².